The van der Waals surface area contributed by atoms with Gasteiger partial charge < -0.3 is 4.74 Å². The topological polar surface area (TPSA) is 63.7 Å². The first-order chi connectivity index (χ1) is 11.8. The second-order valence-corrected chi connectivity index (χ2v) is 8.16. The van der Waals surface area contributed by atoms with E-state index in [2.05, 4.69) is 0 Å². The van der Waals surface area contributed by atoms with Crippen molar-refractivity contribution in [1.29, 1.82) is 0 Å². The van der Waals surface area contributed by atoms with Crippen molar-refractivity contribution in [3.05, 3.63) is 65.7 Å². The van der Waals surface area contributed by atoms with E-state index in [1.54, 1.807) is 31.2 Å². The number of aryl methyl sites for hydroxylation is 1. The fraction of sp³-hybridized carbons (Fsp3) is 0.316. The van der Waals surface area contributed by atoms with Gasteiger partial charge in [-0.05, 0) is 38.5 Å². The maximum atomic E-state index is 13.1. The molecule has 132 valence electrons. The predicted octanol–water partition coefficient (Wildman–Crippen LogP) is 3.06. The number of Topliss-reactive ketones (excluding diaryl/α,β-unsaturated/α-hetero) is 1. The molecule has 5 nitrogen and oxygen atoms in total. The van der Waals surface area contributed by atoms with Crippen molar-refractivity contribution in [2.45, 2.75) is 44.0 Å². The van der Waals surface area contributed by atoms with Gasteiger partial charge in [0.2, 0.25) is 10.0 Å². The van der Waals surface area contributed by atoms with Gasteiger partial charge in [-0.2, -0.15) is 4.31 Å². The third-order valence-electron chi connectivity index (χ3n) is 4.42. The zero-order valence-corrected chi connectivity index (χ0v) is 15.2. The second kappa shape index (κ2) is 6.71. The summed E-state index contributed by atoms with van der Waals surface area (Å²) in [7, 11) is -3.85. The highest BCUT2D eigenvalue weighted by Crippen LogP contribution is 2.38. The molecule has 25 heavy (non-hydrogen) atoms. The summed E-state index contributed by atoms with van der Waals surface area (Å²) in [6.45, 7) is 5.01. The number of rotatable bonds is 4. The van der Waals surface area contributed by atoms with Crippen LogP contribution in [0.2, 0.25) is 0 Å². The molecule has 3 rings (SSSR count). The summed E-state index contributed by atoms with van der Waals surface area (Å²) in [4.78, 5) is 12.2. The highest BCUT2D eigenvalue weighted by atomic mass is 32.2. The second-order valence-electron chi connectivity index (χ2n) is 6.32. The fourth-order valence-corrected chi connectivity index (χ4v) is 4.83. The minimum Gasteiger partial charge on any atom is -0.345 e. The van der Waals surface area contributed by atoms with Crippen molar-refractivity contribution >= 4 is 15.8 Å². The molecule has 1 fully saturated rings. The average molecular weight is 359 g/mol. The number of ketones is 1. The largest absolute Gasteiger partial charge is 0.345 e. The van der Waals surface area contributed by atoms with Crippen LogP contribution in [0.3, 0.4) is 0 Å². The first-order valence-corrected chi connectivity index (χ1v) is 9.57. The predicted molar refractivity (Wildman–Crippen MR) is 94.4 cm³/mol. The maximum Gasteiger partial charge on any atom is 0.245 e. The van der Waals surface area contributed by atoms with Crippen LogP contribution < -0.4 is 0 Å². The van der Waals surface area contributed by atoms with Crippen LogP contribution in [-0.2, 0) is 19.6 Å². The Bertz CT molecular complexity index is 862. The normalized spacial score (nSPS) is 24.4. The molecule has 0 saturated carbocycles. The molecule has 1 unspecified atom stereocenters. The molecule has 6 heteroatoms. The van der Waals surface area contributed by atoms with Crippen LogP contribution in [0.25, 0.3) is 0 Å². The van der Waals surface area contributed by atoms with E-state index in [1.165, 1.54) is 11.2 Å². The Morgan fingerprint density at radius 2 is 1.64 bits per heavy atom. The van der Waals surface area contributed by atoms with Crippen LogP contribution in [0.15, 0.2) is 59.5 Å². The van der Waals surface area contributed by atoms with E-state index in [9.17, 15) is 13.2 Å². The molecule has 1 heterocycles. The summed E-state index contributed by atoms with van der Waals surface area (Å²) < 4.78 is 33.3. The summed E-state index contributed by atoms with van der Waals surface area (Å²) in [5, 5.41) is 0. The fourth-order valence-electron chi connectivity index (χ4n) is 3.11. The zero-order valence-electron chi connectivity index (χ0n) is 14.4. The molecule has 1 saturated heterocycles. The Balaban J connectivity index is 2.03. The molecule has 2 aromatic carbocycles. The first-order valence-electron chi connectivity index (χ1n) is 8.13. The Morgan fingerprint density at radius 3 is 2.20 bits per heavy atom. The molecule has 0 spiro atoms. The molecule has 0 N–H and O–H groups in total. The van der Waals surface area contributed by atoms with Crippen molar-refractivity contribution in [3.8, 4) is 0 Å². The lowest BCUT2D eigenvalue weighted by atomic mass is 10.0. The Morgan fingerprint density at radius 1 is 1.04 bits per heavy atom. The van der Waals surface area contributed by atoms with E-state index < -0.39 is 28.4 Å². The van der Waals surface area contributed by atoms with Crippen molar-refractivity contribution in [1.82, 2.24) is 4.31 Å². The molecule has 0 aromatic heterocycles. The Labute approximate surface area is 148 Å². The number of sulfonamides is 1. The highest BCUT2D eigenvalue weighted by Gasteiger charge is 2.49. The van der Waals surface area contributed by atoms with Gasteiger partial charge in [-0.15, -0.1) is 0 Å². The monoisotopic (exact) mass is 359 g/mol. The molecule has 0 bridgehead atoms. The van der Waals surface area contributed by atoms with E-state index in [1.807, 2.05) is 37.3 Å². The van der Waals surface area contributed by atoms with Crippen molar-refractivity contribution < 1.29 is 17.9 Å². The number of hydrogen-bond donors (Lipinski definition) is 0. The lowest BCUT2D eigenvalue weighted by Crippen LogP contribution is -2.43. The van der Waals surface area contributed by atoms with Crippen LogP contribution in [0.1, 0.15) is 31.1 Å². The van der Waals surface area contributed by atoms with Crippen LogP contribution in [0.4, 0.5) is 0 Å². The first kappa shape index (κ1) is 17.8. The van der Waals surface area contributed by atoms with Gasteiger partial charge in [-0.25, -0.2) is 8.42 Å². The number of benzene rings is 2. The lowest BCUT2D eigenvalue weighted by Gasteiger charge is -2.24. The van der Waals surface area contributed by atoms with Gasteiger partial charge in [-0.3, -0.25) is 4.79 Å². The molecule has 3 atom stereocenters. The number of ether oxygens (including phenoxy) is 1. The van der Waals surface area contributed by atoms with E-state index >= 15 is 0 Å². The third-order valence-corrected chi connectivity index (χ3v) is 6.37. The maximum absolute atomic E-state index is 13.1. The SMILES string of the molecule is CC(=O)[C@@H]1O[C@H](c2ccccc2)C(C)N1S(=O)(=O)c1ccc(C)cc1. The molecular formula is C19H21NO4S. The van der Waals surface area contributed by atoms with Gasteiger partial charge in [0.05, 0.1) is 10.9 Å². The molecule has 0 radical (unpaired) electrons. The summed E-state index contributed by atoms with van der Waals surface area (Å²) in [6.07, 6.45) is -1.61. The summed E-state index contributed by atoms with van der Waals surface area (Å²) in [5.74, 6) is -0.332. The number of carbonyl (C=O) groups is 1. The zero-order chi connectivity index (χ0) is 18.2. The highest BCUT2D eigenvalue weighted by molar-refractivity contribution is 7.89. The van der Waals surface area contributed by atoms with Gasteiger partial charge in [0.25, 0.3) is 0 Å². The standard InChI is InChI=1S/C19H21NO4S/c1-13-9-11-17(12-10-13)25(22,23)20-14(2)18(24-19(20)15(3)21)16-7-5-4-6-8-16/h4-12,14,18-19H,1-3H3/t14?,18-,19-/m0/s1. The van der Waals surface area contributed by atoms with Crippen LogP contribution >= 0.6 is 0 Å². The number of carbonyl (C=O) groups excluding carboxylic acids is 1. The lowest BCUT2D eigenvalue weighted by molar-refractivity contribution is -0.131. The van der Waals surface area contributed by atoms with Gasteiger partial charge >= 0.3 is 0 Å². The van der Waals surface area contributed by atoms with E-state index in [4.69, 9.17) is 4.74 Å². The quantitative estimate of drug-likeness (QED) is 0.842. The van der Waals surface area contributed by atoms with Gasteiger partial charge in [0, 0.05) is 0 Å². The Hall–Kier alpha value is -2.02. The van der Waals surface area contributed by atoms with E-state index in [0.717, 1.165) is 11.1 Å². The molecule has 1 aliphatic rings. The molecule has 1 aliphatic heterocycles. The van der Waals surface area contributed by atoms with Gasteiger partial charge in [0.15, 0.2) is 12.0 Å². The van der Waals surface area contributed by atoms with Crippen molar-refractivity contribution in [3.63, 3.8) is 0 Å². The van der Waals surface area contributed by atoms with Crippen LogP contribution in [0, 0.1) is 6.92 Å². The van der Waals surface area contributed by atoms with E-state index in [-0.39, 0.29) is 10.7 Å². The van der Waals surface area contributed by atoms with Crippen LogP contribution in [-0.4, -0.2) is 30.8 Å². The number of nitrogens with zero attached hydrogens (tertiary/aromatic N) is 1. The summed E-state index contributed by atoms with van der Waals surface area (Å²) in [5.41, 5.74) is 1.82. The molecular weight excluding hydrogens is 338 g/mol. The summed E-state index contributed by atoms with van der Waals surface area (Å²) in [6, 6.07) is 15.5. The van der Waals surface area contributed by atoms with Crippen molar-refractivity contribution in [2.24, 2.45) is 0 Å². The smallest absolute Gasteiger partial charge is 0.245 e. The van der Waals surface area contributed by atoms with Crippen LogP contribution in [0.5, 0.6) is 0 Å². The summed E-state index contributed by atoms with van der Waals surface area (Å²) >= 11 is 0. The van der Waals surface area contributed by atoms with E-state index in [0.29, 0.717) is 0 Å². The average Bonchev–Trinajstić information content (AvgIpc) is 2.94. The third kappa shape index (κ3) is 3.25. The molecule has 2 aromatic rings. The minimum absolute atomic E-state index is 0.161. The van der Waals surface area contributed by atoms with Crippen molar-refractivity contribution in [2.75, 3.05) is 0 Å². The minimum atomic E-state index is -3.85. The Kier molecular flexibility index (Phi) is 4.77. The molecule has 0 amide bonds. The van der Waals surface area contributed by atoms with Gasteiger partial charge in [-0.1, -0.05) is 48.0 Å². The molecule has 0 aliphatic carbocycles. The van der Waals surface area contributed by atoms with Gasteiger partial charge in [0.1, 0.15) is 6.10 Å². The number of hydrogen-bond acceptors (Lipinski definition) is 4.